The normalized spacial score (nSPS) is 29.8. The van der Waals surface area contributed by atoms with Crippen LogP contribution in [0.5, 0.6) is 11.5 Å². The summed E-state index contributed by atoms with van der Waals surface area (Å²) in [6, 6.07) is 4.31. The summed E-state index contributed by atoms with van der Waals surface area (Å²) in [7, 11) is 2.86. The summed E-state index contributed by atoms with van der Waals surface area (Å²) in [6.07, 6.45) is -7.51. The van der Waals surface area contributed by atoms with E-state index in [4.69, 9.17) is 24.1 Å². The number of benzene rings is 1. The van der Waals surface area contributed by atoms with E-state index in [0.717, 1.165) is 0 Å². The van der Waals surface area contributed by atoms with E-state index in [-0.39, 0.29) is 5.56 Å². The molecule has 0 unspecified atom stereocenters. The van der Waals surface area contributed by atoms with Gasteiger partial charge in [-0.25, -0.2) is 4.79 Å². The van der Waals surface area contributed by atoms with Crippen molar-refractivity contribution < 1.29 is 44.2 Å². The summed E-state index contributed by atoms with van der Waals surface area (Å²) in [6.45, 7) is -0.616. The van der Waals surface area contributed by atoms with Crippen molar-refractivity contribution >= 4 is 5.97 Å². The van der Waals surface area contributed by atoms with Crippen molar-refractivity contribution in [1.29, 1.82) is 0 Å². The molecule has 5 atom stereocenters. The smallest absolute Gasteiger partial charge is 0.340 e. The van der Waals surface area contributed by atoms with Crippen LogP contribution < -0.4 is 9.47 Å². The molecule has 24 heavy (non-hydrogen) atoms. The number of rotatable bonds is 5. The highest BCUT2D eigenvalue weighted by molar-refractivity contribution is 5.90. The second kappa shape index (κ2) is 7.77. The van der Waals surface area contributed by atoms with Crippen LogP contribution in [-0.2, 0) is 9.47 Å². The SMILES string of the molecule is COc1ccc(C(=O)O[C@H]2O[C@@H](CO)[C@H](O)[C@@H](O)[C@@H]2O)cc1OC. The number of carbonyl (C=O) groups excluding carboxylic acids is 1. The van der Waals surface area contributed by atoms with Crippen molar-refractivity contribution in [3.05, 3.63) is 23.8 Å². The van der Waals surface area contributed by atoms with Gasteiger partial charge >= 0.3 is 5.97 Å². The fraction of sp³-hybridized carbons (Fsp3) is 0.533. The Balaban J connectivity index is 2.13. The predicted molar refractivity (Wildman–Crippen MR) is 78.7 cm³/mol. The molecule has 1 aliphatic rings. The van der Waals surface area contributed by atoms with Crippen LogP contribution in [-0.4, -0.2) is 77.9 Å². The van der Waals surface area contributed by atoms with Gasteiger partial charge in [-0.2, -0.15) is 0 Å². The van der Waals surface area contributed by atoms with Gasteiger partial charge in [-0.05, 0) is 18.2 Å². The molecule has 0 bridgehead atoms. The van der Waals surface area contributed by atoms with Gasteiger partial charge in [0.25, 0.3) is 0 Å². The molecule has 9 heteroatoms. The summed E-state index contributed by atoms with van der Waals surface area (Å²) in [4.78, 5) is 12.2. The highest BCUT2D eigenvalue weighted by Crippen LogP contribution is 2.29. The molecule has 0 radical (unpaired) electrons. The maximum Gasteiger partial charge on any atom is 0.340 e. The first-order valence-corrected chi connectivity index (χ1v) is 7.16. The van der Waals surface area contributed by atoms with E-state index in [2.05, 4.69) is 0 Å². The van der Waals surface area contributed by atoms with Crippen LogP contribution in [0, 0.1) is 0 Å². The molecule has 4 N–H and O–H groups in total. The lowest BCUT2D eigenvalue weighted by Crippen LogP contribution is -2.59. The zero-order chi connectivity index (χ0) is 17.9. The third-order valence-corrected chi connectivity index (χ3v) is 3.69. The molecule has 0 spiro atoms. The Morgan fingerprint density at radius 2 is 1.75 bits per heavy atom. The molecule has 1 heterocycles. The standard InChI is InChI=1S/C15H20O9/c1-21-8-4-3-7(5-9(8)22-2)14(20)24-15-13(19)12(18)11(17)10(6-16)23-15/h3-5,10-13,15-19H,6H2,1-2H3/t10-,11-,12+,13-,15+/m0/s1. The van der Waals surface area contributed by atoms with Gasteiger partial charge in [0.15, 0.2) is 11.5 Å². The van der Waals surface area contributed by atoms with E-state index in [1.165, 1.54) is 32.4 Å². The van der Waals surface area contributed by atoms with Crippen LogP contribution in [0.2, 0.25) is 0 Å². The van der Waals surface area contributed by atoms with Gasteiger partial charge in [0, 0.05) is 0 Å². The Morgan fingerprint density at radius 1 is 1.08 bits per heavy atom. The maximum absolute atomic E-state index is 12.2. The fourth-order valence-electron chi connectivity index (χ4n) is 2.30. The number of hydrogen-bond donors (Lipinski definition) is 4. The van der Waals surface area contributed by atoms with Gasteiger partial charge in [0.1, 0.15) is 24.4 Å². The minimum Gasteiger partial charge on any atom is -0.493 e. The number of aliphatic hydroxyl groups excluding tert-OH is 4. The van der Waals surface area contributed by atoms with Crippen molar-refractivity contribution in [2.75, 3.05) is 20.8 Å². The summed E-state index contributed by atoms with van der Waals surface area (Å²) in [5, 5.41) is 38.3. The molecular formula is C15H20O9. The Kier molecular flexibility index (Phi) is 5.97. The lowest BCUT2D eigenvalue weighted by Gasteiger charge is -2.39. The summed E-state index contributed by atoms with van der Waals surface area (Å²) < 4.78 is 20.3. The quantitative estimate of drug-likeness (QED) is 0.479. The van der Waals surface area contributed by atoms with E-state index < -0.39 is 43.3 Å². The van der Waals surface area contributed by atoms with Crippen LogP contribution >= 0.6 is 0 Å². The fourth-order valence-corrected chi connectivity index (χ4v) is 2.30. The third-order valence-electron chi connectivity index (χ3n) is 3.69. The third kappa shape index (κ3) is 3.60. The molecule has 0 amide bonds. The van der Waals surface area contributed by atoms with Gasteiger partial charge in [-0.3, -0.25) is 0 Å². The second-order valence-corrected chi connectivity index (χ2v) is 5.17. The van der Waals surface area contributed by atoms with Crippen LogP contribution in [0.4, 0.5) is 0 Å². The number of ether oxygens (including phenoxy) is 4. The number of methoxy groups -OCH3 is 2. The van der Waals surface area contributed by atoms with E-state index in [1.54, 1.807) is 0 Å². The first-order valence-electron chi connectivity index (χ1n) is 7.16. The van der Waals surface area contributed by atoms with E-state index in [0.29, 0.717) is 11.5 Å². The van der Waals surface area contributed by atoms with Gasteiger partial charge in [-0.1, -0.05) is 0 Å². The molecule has 1 aromatic rings. The first-order chi connectivity index (χ1) is 11.4. The van der Waals surface area contributed by atoms with E-state index in [1.807, 2.05) is 0 Å². The Labute approximate surface area is 138 Å². The molecule has 0 aliphatic carbocycles. The Hall–Kier alpha value is -1.91. The Bertz CT molecular complexity index is 574. The number of hydrogen-bond acceptors (Lipinski definition) is 9. The molecule has 134 valence electrons. The van der Waals surface area contributed by atoms with Gasteiger partial charge < -0.3 is 39.4 Å². The van der Waals surface area contributed by atoms with Crippen LogP contribution in [0.1, 0.15) is 10.4 Å². The largest absolute Gasteiger partial charge is 0.493 e. The highest BCUT2D eigenvalue weighted by atomic mass is 16.7. The van der Waals surface area contributed by atoms with E-state index in [9.17, 15) is 20.1 Å². The molecule has 1 aromatic carbocycles. The number of carbonyl (C=O) groups is 1. The minimum absolute atomic E-state index is 0.101. The van der Waals surface area contributed by atoms with Crippen molar-refractivity contribution in [3.8, 4) is 11.5 Å². The topological polar surface area (TPSA) is 135 Å². The average Bonchev–Trinajstić information content (AvgIpc) is 2.61. The predicted octanol–water partition coefficient (Wildman–Crippen LogP) is -1.34. The molecule has 2 rings (SSSR count). The summed E-state index contributed by atoms with van der Waals surface area (Å²) in [5.41, 5.74) is 0.101. The lowest BCUT2D eigenvalue weighted by molar-refractivity contribution is -0.285. The van der Waals surface area contributed by atoms with Gasteiger partial charge in [0.2, 0.25) is 6.29 Å². The van der Waals surface area contributed by atoms with Gasteiger partial charge in [0.05, 0.1) is 26.4 Å². The van der Waals surface area contributed by atoms with Gasteiger partial charge in [-0.15, -0.1) is 0 Å². The zero-order valence-electron chi connectivity index (χ0n) is 13.2. The minimum atomic E-state index is -1.66. The summed E-state index contributed by atoms with van der Waals surface area (Å²) >= 11 is 0. The van der Waals surface area contributed by atoms with Crippen molar-refractivity contribution in [2.45, 2.75) is 30.7 Å². The number of aliphatic hydroxyl groups is 4. The van der Waals surface area contributed by atoms with Crippen molar-refractivity contribution in [2.24, 2.45) is 0 Å². The first kappa shape index (κ1) is 18.4. The molecule has 0 saturated carbocycles. The van der Waals surface area contributed by atoms with Crippen LogP contribution in [0.3, 0.4) is 0 Å². The molecule has 1 saturated heterocycles. The lowest BCUT2D eigenvalue weighted by atomic mass is 9.99. The molecule has 0 aromatic heterocycles. The number of esters is 1. The average molecular weight is 344 g/mol. The highest BCUT2D eigenvalue weighted by Gasteiger charge is 2.45. The van der Waals surface area contributed by atoms with Crippen LogP contribution in [0.25, 0.3) is 0 Å². The second-order valence-electron chi connectivity index (χ2n) is 5.17. The van der Waals surface area contributed by atoms with E-state index >= 15 is 0 Å². The van der Waals surface area contributed by atoms with Crippen LogP contribution in [0.15, 0.2) is 18.2 Å². The van der Waals surface area contributed by atoms with Crippen molar-refractivity contribution in [3.63, 3.8) is 0 Å². The Morgan fingerprint density at radius 3 is 2.33 bits per heavy atom. The molecule has 1 fully saturated rings. The molecule has 9 nitrogen and oxygen atoms in total. The molecular weight excluding hydrogens is 324 g/mol. The monoisotopic (exact) mass is 344 g/mol. The maximum atomic E-state index is 12.2. The molecule has 1 aliphatic heterocycles. The van der Waals surface area contributed by atoms with Crippen molar-refractivity contribution in [1.82, 2.24) is 0 Å². The zero-order valence-corrected chi connectivity index (χ0v) is 13.2. The summed E-state index contributed by atoms with van der Waals surface area (Å²) in [5.74, 6) is -0.122.